The van der Waals surface area contributed by atoms with E-state index in [1.165, 1.54) is 0 Å². The van der Waals surface area contributed by atoms with Crippen molar-refractivity contribution < 1.29 is 14.4 Å². The minimum atomic E-state index is -0.415. The van der Waals surface area contributed by atoms with Crippen LogP contribution in [0.5, 0.6) is 0 Å². The molecule has 1 aromatic rings. The zero-order chi connectivity index (χ0) is 17.1. The van der Waals surface area contributed by atoms with Crippen molar-refractivity contribution in [3.63, 3.8) is 0 Å². The summed E-state index contributed by atoms with van der Waals surface area (Å²) in [6, 6.07) is 9.00. The van der Waals surface area contributed by atoms with Gasteiger partial charge in [0.2, 0.25) is 17.7 Å². The maximum absolute atomic E-state index is 12.6. The van der Waals surface area contributed by atoms with Crippen LogP contribution in [0.25, 0.3) is 0 Å². The van der Waals surface area contributed by atoms with Crippen molar-refractivity contribution in [2.75, 3.05) is 20.1 Å². The molecule has 0 aromatic heterocycles. The van der Waals surface area contributed by atoms with E-state index in [1.807, 2.05) is 30.3 Å². The van der Waals surface area contributed by atoms with Crippen LogP contribution in [0.2, 0.25) is 0 Å². The van der Waals surface area contributed by atoms with Crippen LogP contribution in [0, 0.1) is 0 Å². The second-order valence-corrected chi connectivity index (χ2v) is 6.59. The smallest absolute Gasteiger partial charge is 0.243 e. The highest BCUT2D eigenvalue weighted by molar-refractivity contribution is 5.90. The van der Waals surface area contributed by atoms with Gasteiger partial charge >= 0.3 is 0 Å². The fraction of sp³-hybridized carbons (Fsp3) is 0.500. The molecule has 6 heteroatoms. The van der Waals surface area contributed by atoms with Crippen LogP contribution in [0.1, 0.15) is 24.8 Å². The first kappa shape index (κ1) is 16.5. The van der Waals surface area contributed by atoms with Gasteiger partial charge in [0.1, 0.15) is 6.04 Å². The molecule has 2 saturated heterocycles. The van der Waals surface area contributed by atoms with Crippen LogP contribution < -0.4 is 5.32 Å². The lowest BCUT2D eigenvalue weighted by atomic mass is 10.1. The molecule has 0 saturated carbocycles. The first-order chi connectivity index (χ1) is 11.5. The van der Waals surface area contributed by atoms with E-state index in [0.29, 0.717) is 32.4 Å². The number of likely N-dealkylation sites (tertiary alicyclic amines) is 2. The lowest BCUT2D eigenvalue weighted by molar-refractivity contribution is -0.138. The van der Waals surface area contributed by atoms with Crippen molar-refractivity contribution in [3.05, 3.63) is 35.9 Å². The summed E-state index contributed by atoms with van der Waals surface area (Å²) in [4.78, 5) is 40.0. The van der Waals surface area contributed by atoms with Gasteiger partial charge in [-0.3, -0.25) is 14.4 Å². The van der Waals surface area contributed by atoms with E-state index in [4.69, 9.17) is 0 Å². The molecule has 0 bridgehead atoms. The monoisotopic (exact) mass is 329 g/mol. The molecule has 3 rings (SSSR count). The van der Waals surface area contributed by atoms with Crippen molar-refractivity contribution in [2.24, 2.45) is 0 Å². The zero-order valence-corrected chi connectivity index (χ0v) is 13.9. The number of amides is 3. The molecule has 2 atom stereocenters. The Kier molecular flexibility index (Phi) is 4.83. The van der Waals surface area contributed by atoms with Gasteiger partial charge in [-0.25, -0.2) is 0 Å². The molecule has 128 valence electrons. The van der Waals surface area contributed by atoms with Gasteiger partial charge in [-0.1, -0.05) is 30.3 Å². The van der Waals surface area contributed by atoms with Gasteiger partial charge in [-0.15, -0.1) is 0 Å². The molecule has 6 nitrogen and oxygen atoms in total. The van der Waals surface area contributed by atoms with Crippen molar-refractivity contribution in [1.29, 1.82) is 0 Å². The number of rotatable bonds is 4. The molecule has 24 heavy (non-hydrogen) atoms. The van der Waals surface area contributed by atoms with Gasteiger partial charge < -0.3 is 15.1 Å². The van der Waals surface area contributed by atoms with Gasteiger partial charge in [0, 0.05) is 26.6 Å². The van der Waals surface area contributed by atoms with Gasteiger partial charge in [0.25, 0.3) is 0 Å². The average molecular weight is 329 g/mol. The summed E-state index contributed by atoms with van der Waals surface area (Å²) in [5.41, 5.74) is 0.955. The second-order valence-electron chi connectivity index (χ2n) is 6.59. The summed E-state index contributed by atoms with van der Waals surface area (Å²) in [5.74, 6) is -0.107. The van der Waals surface area contributed by atoms with Gasteiger partial charge in [-0.2, -0.15) is 0 Å². The van der Waals surface area contributed by atoms with Crippen LogP contribution in [-0.4, -0.2) is 59.7 Å². The van der Waals surface area contributed by atoms with Gasteiger partial charge in [-0.05, 0) is 18.4 Å². The predicted molar refractivity (Wildman–Crippen MR) is 89.1 cm³/mol. The topological polar surface area (TPSA) is 69.7 Å². The molecule has 0 spiro atoms. The standard InChI is InChI=1S/C18H23N3O3/c1-20-12-14(11-16(20)22)19-18(24)15-8-5-9-21(15)17(23)10-13-6-3-2-4-7-13/h2-4,6-7,14-15H,5,8-12H2,1H3,(H,19,24)/t14-,15-/m1/s1. The Morgan fingerprint density at radius 1 is 1.25 bits per heavy atom. The molecular formula is C18H23N3O3. The molecule has 2 heterocycles. The van der Waals surface area contributed by atoms with E-state index < -0.39 is 6.04 Å². The molecule has 0 aliphatic carbocycles. The largest absolute Gasteiger partial charge is 0.349 e. The number of carbonyl (C=O) groups excluding carboxylic acids is 3. The fourth-order valence-electron chi connectivity index (χ4n) is 3.47. The molecule has 0 unspecified atom stereocenters. The van der Waals surface area contributed by atoms with Crippen molar-refractivity contribution in [1.82, 2.24) is 15.1 Å². The fourth-order valence-corrected chi connectivity index (χ4v) is 3.47. The van der Waals surface area contributed by atoms with E-state index >= 15 is 0 Å². The summed E-state index contributed by atoms with van der Waals surface area (Å²) in [6.07, 6.45) is 2.17. The van der Waals surface area contributed by atoms with Crippen LogP contribution in [-0.2, 0) is 20.8 Å². The van der Waals surface area contributed by atoms with Crippen LogP contribution >= 0.6 is 0 Å². The van der Waals surface area contributed by atoms with Crippen molar-refractivity contribution in [3.8, 4) is 0 Å². The quantitative estimate of drug-likeness (QED) is 0.878. The Balaban J connectivity index is 1.59. The normalized spacial score (nSPS) is 23.6. The number of carbonyl (C=O) groups is 3. The number of likely N-dealkylation sites (N-methyl/N-ethyl adjacent to an activating group) is 1. The van der Waals surface area contributed by atoms with E-state index in [2.05, 4.69) is 5.32 Å². The first-order valence-corrected chi connectivity index (χ1v) is 8.42. The highest BCUT2D eigenvalue weighted by Gasteiger charge is 2.36. The Morgan fingerprint density at radius 2 is 2.00 bits per heavy atom. The Labute approximate surface area is 141 Å². The Bertz CT molecular complexity index is 632. The number of hydrogen-bond acceptors (Lipinski definition) is 3. The third-order valence-corrected chi connectivity index (χ3v) is 4.76. The average Bonchev–Trinajstić information content (AvgIpc) is 3.16. The van der Waals surface area contributed by atoms with Crippen molar-refractivity contribution in [2.45, 2.75) is 37.8 Å². The Hall–Kier alpha value is -2.37. The van der Waals surface area contributed by atoms with Crippen molar-refractivity contribution >= 4 is 17.7 Å². The summed E-state index contributed by atoms with van der Waals surface area (Å²) in [5, 5.41) is 2.94. The molecule has 1 aromatic carbocycles. The van der Waals surface area contributed by atoms with Gasteiger partial charge in [0.15, 0.2) is 0 Å². The van der Waals surface area contributed by atoms with Crippen LogP contribution in [0.3, 0.4) is 0 Å². The van der Waals surface area contributed by atoms with E-state index in [9.17, 15) is 14.4 Å². The van der Waals surface area contributed by atoms with Crippen LogP contribution in [0.4, 0.5) is 0 Å². The summed E-state index contributed by atoms with van der Waals surface area (Å²) >= 11 is 0. The maximum atomic E-state index is 12.6. The molecule has 3 amide bonds. The minimum absolute atomic E-state index is 0.0153. The predicted octanol–water partition coefficient (Wildman–Crippen LogP) is 0.567. The van der Waals surface area contributed by atoms with Gasteiger partial charge in [0.05, 0.1) is 12.5 Å². The summed E-state index contributed by atoms with van der Waals surface area (Å²) in [6.45, 7) is 1.16. The highest BCUT2D eigenvalue weighted by Crippen LogP contribution is 2.20. The molecular weight excluding hydrogens is 306 g/mol. The number of nitrogens with zero attached hydrogens (tertiary/aromatic N) is 2. The molecule has 2 aliphatic heterocycles. The summed E-state index contributed by atoms with van der Waals surface area (Å²) < 4.78 is 0. The summed E-state index contributed by atoms with van der Waals surface area (Å²) in [7, 11) is 1.74. The maximum Gasteiger partial charge on any atom is 0.243 e. The number of nitrogens with one attached hydrogen (secondary N) is 1. The SMILES string of the molecule is CN1C[C@H](NC(=O)[C@H]2CCCN2C(=O)Cc2ccccc2)CC1=O. The minimum Gasteiger partial charge on any atom is -0.349 e. The second kappa shape index (κ2) is 7.03. The third-order valence-electron chi connectivity index (χ3n) is 4.76. The lowest BCUT2D eigenvalue weighted by Gasteiger charge is -2.25. The van der Waals surface area contributed by atoms with E-state index in [0.717, 1.165) is 12.0 Å². The zero-order valence-electron chi connectivity index (χ0n) is 13.9. The van der Waals surface area contributed by atoms with E-state index in [-0.39, 0.29) is 23.8 Å². The molecule has 1 N–H and O–H groups in total. The first-order valence-electron chi connectivity index (χ1n) is 8.42. The Morgan fingerprint density at radius 3 is 2.67 bits per heavy atom. The third kappa shape index (κ3) is 3.58. The highest BCUT2D eigenvalue weighted by atomic mass is 16.2. The van der Waals surface area contributed by atoms with E-state index in [1.54, 1.807) is 16.8 Å². The number of benzene rings is 1. The molecule has 2 fully saturated rings. The number of hydrogen-bond donors (Lipinski definition) is 1. The lowest BCUT2D eigenvalue weighted by Crippen LogP contribution is -2.49. The molecule has 2 aliphatic rings. The molecule has 0 radical (unpaired) electrons. The van der Waals surface area contributed by atoms with Crippen LogP contribution in [0.15, 0.2) is 30.3 Å².